The van der Waals surface area contributed by atoms with Crippen LogP contribution in [-0.4, -0.2) is 74.1 Å². The molecule has 0 aromatic rings. The summed E-state index contributed by atoms with van der Waals surface area (Å²) in [4.78, 5) is 46.8. The smallest absolute Gasteiger partial charge is 0.317 e. The lowest BCUT2D eigenvalue weighted by molar-refractivity contribution is -0.206. The summed E-state index contributed by atoms with van der Waals surface area (Å²) in [5.41, 5.74) is -0.530. The normalized spacial score (nSPS) is 41.9. The predicted octanol–water partition coefficient (Wildman–Crippen LogP) is 17.2. The van der Waals surface area contributed by atoms with Gasteiger partial charge in [-0.05, 0) is 257 Å². The number of esters is 4. The molecule has 0 amide bonds. The van der Waals surface area contributed by atoms with E-state index in [1.807, 2.05) is 13.8 Å². The zero-order valence-electron chi connectivity index (χ0n) is 56.4. The molecule has 14 fully saturated rings. The van der Waals surface area contributed by atoms with E-state index in [1.54, 1.807) is 13.8 Å². The second-order valence-electron chi connectivity index (χ2n) is 32.3. The molecule has 0 spiro atoms. The minimum atomic E-state index is -0.396. The SMILES string of the molecule is CC1C(=O)OC(=O)C1C.CC1C2CC(CC3OCCCO3)C(C2)C1C.CCC(C)(C)C(=O)OC(C)(C)C12CC3CC(CC(C3)C1)C2.CCC1CC(CC)C(CC2OCCO2)C1.CCC1CC(CC)C2C3CC(CC3C(=O)OC3(CC)CCCC3)C12. The number of hydrogen-bond donors (Lipinski definition) is 0. The van der Waals surface area contributed by atoms with Crippen molar-refractivity contribution in [2.45, 2.75) is 288 Å². The van der Waals surface area contributed by atoms with Crippen LogP contribution in [0.2, 0.25) is 0 Å². The Morgan fingerprint density at radius 2 is 1.07 bits per heavy atom. The largest absolute Gasteiger partial charge is 0.459 e. The molecule has 0 N–H and O–H groups in total. The zero-order valence-corrected chi connectivity index (χ0v) is 56.4. The lowest BCUT2D eigenvalue weighted by Crippen LogP contribution is -2.58. The van der Waals surface area contributed by atoms with Gasteiger partial charge in [-0.15, -0.1) is 0 Å². The number of ether oxygens (including phenoxy) is 7. The molecule has 0 radical (unpaired) electrons. The Labute approximate surface area is 517 Å². The first kappa shape index (κ1) is 67.3. The highest BCUT2D eigenvalue weighted by Crippen LogP contribution is 2.67. The van der Waals surface area contributed by atoms with Crippen molar-refractivity contribution in [1.29, 1.82) is 0 Å². The Morgan fingerprint density at radius 3 is 1.56 bits per heavy atom. The fourth-order valence-corrected chi connectivity index (χ4v) is 21.2. The first-order valence-corrected chi connectivity index (χ1v) is 36.2. The van der Waals surface area contributed by atoms with Crippen LogP contribution in [0, 0.1) is 129 Å². The first-order chi connectivity index (χ1) is 40.5. The van der Waals surface area contributed by atoms with Gasteiger partial charge in [0.15, 0.2) is 12.6 Å². The van der Waals surface area contributed by atoms with Gasteiger partial charge >= 0.3 is 23.9 Å². The molecule has 8 bridgehead atoms. The quantitative estimate of drug-likeness (QED) is 0.0881. The molecule has 0 aromatic heterocycles. The molecule has 14 aliphatic rings. The highest BCUT2D eigenvalue weighted by atomic mass is 16.7. The Morgan fingerprint density at radius 1 is 0.541 bits per heavy atom. The number of fused-ring (bicyclic) bond motifs is 7. The summed E-state index contributed by atoms with van der Waals surface area (Å²) in [5, 5.41) is 0. The fraction of sp³-hybridized carbons (Fsp3) is 0.946. The number of carbonyl (C=O) groups excluding carboxylic acids is 4. The minimum Gasteiger partial charge on any atom is -0.459 e. The van der Waals surface area contributed by atoms with Gasteiger partial charge in [-0.3, -0.25) is 19.2 Å². The van der Waals surface area contributed by atoms with Crippen molar-refractivity contribution < 1.29 is 52.3 Å². The van der Waals surface area contributed by atoms with E-state index in [-0.39, 0.29) is 64.3 Å². The molecule has 0 aromatic carbocycles. The van der Waals surface area contributed by atoms with E-state index < -0.39 is 11.9 Å². The average molecular weight is 1190 g/mol. The van der Waals surface area contributed by atoms with Gasteiger partial charge in [0.05, 0.1) is 49.6 Å². The van der Waals surface area contributed by atoms with Gasteiger partial charge in [0.2, 0.25) is 0 Å². The van der Waals surface area contributed by atoms with Crippen molar-refractivity contribution in [3.8, 4) is 0 Å². The lowest BCUT2D eigenvalue weighted by Gasteiger charge is -2.61. The van der Waals surface area contributed by atoms with Crippen molar-refractivity contribution in [3.63, 3.8) is 0 Å². The van der Waals surface area contributed by atoms with Gasteiger partial charge in [0.25, 0.3) is 0 Å². The van der Waals surface area contributed by atoms with E-state index in [0.717, 1.165) is 172 Å². The predicted molar refractivity (Wildman–Crippen MR) is 334 cm³/mol. The molecule has 11 saturated carbocycles. The molecule has 14 rings (SSSR count). The third-order valence-corrected chi connectivity index (χ3v) is 27.1. The van der Waals surface area contributed by atoms with E-state index in [2.05, 4.69) is 74.0 Å². The van der Waals surface area contributed by atoms with E-state index in [1.165, 1.54) is 116 Å². The third-order valence-electron chi connectivity index (χ3n) is 27.1. The summed E-state index contributed by atoms with van der Waals surface area (Å²) < 4.78 is 39.1. The number of hydrogen-bond acceptors (Lipinski definition) is 11. The number of carbonyl (C=O) groups is 4. The summed E-state index contributed by atoms with van der Waals surface area (Å²) in [6, 6.07) is 0. The topological polar surface area (TPSA) is 133 Å². The second kappa shape index (κ2) is 28.6. The summed E-state index contributed by atoms with van der Waals surface area (Å²) in [6.07, 6.45) is 33.2. The summed E-state index contributed by atoms with van der Waals surface area (Å²) >= 11 is 0. The maximum Gasteiger partial charge on any atom is 0.317 e. The summed E-state index contributed by atoms with van der Waals surface area (Å²) in [7, 11) is 0. The van der Waals surface area contributed by atoms with Gasteiger partial charge in [0, 0.05) is 18.3 Å². The maximum atomic E-state index is 13.1. The standard InChI is InChI=1S/C22H36O2.C19H32O2.C14H24O2.C13H24O2.C6H8O3/c1-4-14-11-15(5-2)20-17-12-16(19(14)20)13-18(17)21(23)24-22(6-3)9-7-8-10-22;1-6-17(2,3)16(20)21-18(4,5)19-10-13-7-14(11-19)9-15(8-13)12-19;1-9-10(2)13-7-11(9)6-12(13)8-14-15-4-3-5-16-14;1-3-10-7-11(4-2)12(8-10)9-13-14-5-6-15-13;1-3-4(2)6(8)9-5(3)7/h14-20H,4-13H2,1-3H3;13-15H,6-12H2,1-5H3;9-14H,3-8H2,1-2H3;10-13H,3-9H2,1-2H3;3-4H,1-2H3. The highest BCUT2D eigenvalue weighted by Gasteiger charge is 2.62. The van der Waals surface area contributed by atoms with Crippen LogP contribution in [0.5, 0.6) is 0 Å². The van der Waals surface area contributed by atoms with Crippen LogP contribution in [0.15, 0.2) is 0 Å². The first-order valence-electron chi connectivity index (χ1n) is 36.2. The van der Waals surface area contributed by atoms with E-state index in [4.69, 9.17) is 28.4 Å². The molecule has 3 heterocycles. The number of rotatable bonds is 15. The van der Waals surface area contributed by atoms with E-state index in [0.29, 0.717) is 5.92 Å². The van der Waals surface area contributed by atoms with Gasteiger partial charge in [0.1, 0.15) is 11.2 Å². The van der Waals surface area contributed by atoms with Crippen LogP contribution in [0.4, 0.5) is 0 Å². The van der Waals surface area contributed by atoms with Crippen LogP contribution in [0.25, 0.3) is 0 Å². The van der Waals surface area contributed by atoms with Crippen LogP contribution >= 0.6 is 0 Å². The highest BCUT2D eigenvalue weighted by molar-refractivity contribution is 5.95. The second-order valence-corrected chi connectivity index (χ2v) is 32.3. The fourth-order valence-electron chi connectivity index (χ4n) is 21.2. The summed E-state index contributed by atoms with van der Waals surface area (Å²) in [5.74, 6) is 14.2. The van der Waals surface area contributed by atoms with Crippen molar-refractivity contribution in [2.24, 2.45) is 129 Å². The number of cyclic esters (lactones) is 2. The van der Waals surface area contributed by atoms with Crippen molar-refractivity contribution >= 4 is 23.9 Å². The molecule has 17 unspecified atom stereocenters. The molecule has 486 valence electrons. The monoisotopic (exact) mass is 1190 g/mol. The Kier molecular flexibility index (Phi) is 22.7. The Balaban J connectivity index is 0.000000131. The molecule has 11 heteroatoms. The molecular weight excluding hydrogens is 1060 g/mol. The van der Waals surface area contributed by atoms with E-state index in [9.17, 15) is 19.2 Å². The molecule has 85 heavy (non-hydrogen) atoms. The van der Waals surface area contributed by atoms with Crippen molar-refractivity contribution in [3.05, 3.63) is 0 Å². The Hall–Kier alpha value is -2.08. The van der Waals surface area contributed by atoms with Crippen LogP contribution in [0.1, 0.15) is 264 Å². The zero-order chi connectivity index (χ0) is 61.2. The van der Waals surface area contributed by atoms with Crippen molar-refractivity contribution in [2.75, 3.05) is 26.4 Å². The Bertz CT molecular complexity index is 2130. The van der Waals surface area contributed by atoms with Crippen LogP contribution in [-0.2, 0) is 52.3 Å². The molecule has 3 saturated heterocycles. The maximum absolute atomic E-state index is 13.1. The van der Waals surface area contributed by atoms with Crippen LogP contribution < -0.4 is 0 Å². The van der Waals surface area contributed by atoms with E-state index >= 15 is 0 Å². The molecule has 17 atom stereocenters. The van der Waals surface area contributed by atoms with Gasteiger partial charge in [-0.25, -0.2) is 0 Å². The molecule has 11 nitrogen and oxygen atoms in total. The molecular formula is C74H124O11. The molecule has 3 aliphatic heterocycles. The third kappa shape index (κ3) is 14.8. The van der Waals surface area contributed by atoms with Gasteiger partial charge < -0.3 is 33.2 Å². The van der Waals surface area contributed by atoms with Crippen molar-refractivity contribution in [1.82, 2.24) is 0 Å². The lowest BCUT2D eigenvalue weighted by atomic mass is 9.46. The summed E-state index contributed by atoms with van der Waals surface area (Å²) in [6.45, 7) is 33.7. The average Bonchev–Trinajstić information content (AvgIpc) is 1.84. The minimum absolute atomic E-state index is 0.00857. The molecule has 11 aliphatic carbocycles. The van der Waals surface area contributed by atoms with Crippen LogP contribution in [0.3, 0.4) is 0 Å². The van der Waals surface area contributed by atoms with Gasteiger partial charge in [-0.1, -0.05) is 94.9 Å². The van der Waals surface area contributed by atoms with Gasteiger partial charge in [-0.2, -0.15) is 0 Å².